The van der Waals surface area contributed by atoms with Crippen LogP contribution >= 0.6 is 0 Å². The molecule has 1 saturated heterocycles. The number of guanidine groups is 1. The first-order valence-electron chi connectivity index (χ1n) is 11.0. The van der Waals surface area contributed by atoms with Gasteiger partial charge >= 0.3 is 0 Å². The zero-order valence-corrected chi connectivity index (χ0v) is 19.2. The van der Waals surface area contributed by atoms with Crippen LogP contribution in [0.25, 0.3) is 0 Å². The lowest BCUT2D eigenvalue weighted by Gasteiger charge is -2.15. The molecule has 2 amide bonds. The molecule has 0 spiro atoms. The highest BCUT2D eigenvalue weighted by Crippen LogP contribution is 2.19. The van der Waals surface area contributed by atoms with Gasteiger partial charge in [-0.05, 0) is 61.1 Å². The summed E-state index contributed by atoms with van der Waals surface area (Å²) in [5, 5.41) is 8.85. The average Bonchev–Trinajstić information content (AvgIpc) is 3.27. The summed E-state index contributed by atoms with van der Waals surface area (Å²) in [4.78, 5) is 29.0. The van der Waals surface area contributed by atoms with E-state index in [1.165, 1.54) is 12.5 Å². The molecule has 1 atom stereocenters. The number of amides is 2. The fourth-order valence-corrected chi connectivity index (χ4v) is 3.45. The molecule has 3 rings (SSSR count). The summed E-state index contributed by atoms with van der Waals surface area (Å²) in [7, 11) is 0. The van der Waals surface area contributed by atoms with Crippen LogP contribution in [0, 0.1) is 6.92 Å². The van der Waals surface area contributed by atoms with E-state index in [9.17, 15) is 9.59 Å². The van der Waals surface area contributed by atoms with Gasteiger partial charge in [0.2, 0.25) is 11.9 Å². The second-order valence-corrected chi connectivity index (χ2v) is 8.39. The summed E-state index contributed by atoms with van der Waals surface area (Å²) in [5.74, 6) is 0.310. The summed E-state index contributed by atoms with van der Waals surface area (Å²) >= 11 is 0. The van der Waals surface area contributed by atoms with Gasteiger partial charge in [0.25, 0.3) is 5.91 Å². The molecule has 1 heterocycles. The number of nitrogens with zero attached hydrogens (tertiary/aromatic N) is 1. The minimum absolute atomic E-state index is 0.0674. The van der Waals surface area contributed by atoms with E-state index in [0.29, 0.717) is 29.7 Å². The topological polar surface area (TPSA) is 91.8 Å². The molecule has 170 valence electrons. The second kappa shape index (κ2) is 10.9. The van der Waals surface area contributed by atoms with Gasteiger partial charge in [-0.2, -0.15) is 0 Å². The third-order valence-electron chi connectivity index (χ3n) is 5.36. The van der Waals surface area contributed by atoms with Crippen molar-refractivity contribution in [1.29, 1.82) is 0 Å². The van der Waals surface area contributed by atoms with Crippen LogP contribution in [0.4, 0.5) is 11.4 Å². The maximum Gasteiger partial charge on any atom is 0.258 e. The van der Waals surface area contributed by atoms with E-state index in [1.54, 1.807) is 18.2 Å². The Balaban J connectivity index is 1.77. The molecule has 1 aliphatic heterocycles. The van der Waals surface area contributed by atoms with Crippen LogP contribution in [0.15, 0.2) is 47.5 Å². The Morgan fingerprint density at radius 2 is 1.88 bits per heavy atom. The number of nitrogens with one attached hydrogen (secondary N) is 3. The van der Waals surface area contributed by atoms with E-state index in [2.05, 4.69) is 46.9 Å². The molecule has 0 radical (unpaired) electrons. The van der Waals surface area contributed by atoms with Crippen LogP contribution in [-0.4, -0.2) is 37.0 Å². The van der Waals surface area contributed by atoms with Gasteiger partial charge in [0.05, 0.1) is 12.6 Å². The van der Waals surface area contributed by atoms with Gasteiger partial charge in [0.1, 0.15) is 0 Å². The number of anilines is 2. The fourth-order valence-electron chi connectivity index (χ4n) is 3.45. The third-order valence-corrected chi connectivity index (χ3v) is 5.36. The molecule has 32 heavy (non-hydrogen) atoms. The number of benzene rings is 2. The van der Waals surface area contributed by atoms with Gasteiger partial charge in [-0.25, -0.2) is 4.99 Å². The molecule has 0 saturated carbocycles. The maximum absolute atomic E-state index is 13.0. The zero-order valence-electron chi connectivity index (χ0n) is 19.2. The van der Waals surface area contributed by atoms with E-state index in [1.807, 2.05) is 19.1 Å². The molecular weight excluding hydrogens is 404 g/mol. The molecule has 0 aliphatic carbocycles. The number of carbonyl (C=O) groups excluding carboxylic acids is 2. The monoisotopic (exact) mass is 436 g/mol. The lowest BCUT2D eigenvalue weighted by atomic mass is 10.0. The quantitative estimate of drug-likeness (QED) is 0.461. The van der Waals surface area contributed by atoms with Crippen molar-refractivity contribution >= 4 is 29.1 Å². The van der Waals surface area contributed by atoms with Gasteiger partial charge in [-0.15, -0.1) is 0 Å². The molecule has 2 aromatic rings. The Kier molecular flexibility index (Phi) is 8.00. The molecule has 7 heteroatoms. The summed E-state index contributed by atoms with van der Waals surface area (Å²) in [5.41, 5.74) is 4.00. The molecule has 1 fully saturated rings. The lowest BCUT2D eigenvalue weighted by Crippen LogP contribution is -2.36. The van der Waals surface area contributed by atoms with Crippen LogP contribution in [0.1, 0.15) is 61.0 Å². The van der Waals surface area contributed by atoms with Crippen LogP contribution in [0.2, 0.25) is 0 Å². The highest BCUT2D eigenvalue weighted by Gasteiger charge is 2.17. The first-order chi connectivity index (χ1) is 15.3. The molecule has 0 bridgehead atoms. The van der Waals surface area contributed by atoms with Crippen molar-refractivity contribution in [2.45, 2.75) is 52.6 Å². The Morgan fingerprint density at radius 3 is 2.50 bits per heavy atom. The SMILES string of the molecule is CC(=O)Nc1cc(C(=O)NC(=NCC2CCCO2)Nc2ccc(C(C)C)cc2)ccc1C. The Hall–Kier alpha value is -3.19. The number of aliphatic imine (C=N–C) groups is 1. The predicted octanol–water partition coefficient (Wildman–Crippen LogP) is 4.45. The summed E-state index contributed by atoms with van der Waals surface area (Å²) in [6.07, 6.45) is 2.06. The number of hydrogen-bond acceptors (Lipinski definition) is 4. The first-order valence-corrected chi connectivity index (χ1v) is 11.0. The van der Waals surface area contributed by atoms with Crippen LogP contribution in [-0.2, 0) is 9.53 Å². The number of carbonyl (C=O) groups is 2. The van der Waals surface area contributed by atoms with E-state index < -0.39 is 0 Å². The fraction of sp³-hybridized carbons (Fsp3) is 0.400. The average molecular weight is 437 g/mol. The maximum atomic E-state index is 13.0. The van der Waals surface area contributed by atoms with Crippen molar-refractivity contribution in [2.75, 3.05) is 23.8 Å². The highest BCUT2D eigenvalue weighted by molar-refractivity contribution is 6.10. The zero-order chi connectivity index (χ0) is 23.1. The third kappa shape index (κ3) is 6.65. The van der Waals surface area contributed by atoms with Crippen molar-refractivity contribution in [3.8, 4) is 0 Å². The van der Waals surface area contributed by atoms with Gasteiger partial charge in [-0.1, -0.05) is 32.0 Å². The Morgan fingerprint density at radius 1 is 1.12 bits per heavy atom. The van der Waals surface area contributed by atoms with Gasteiger partial charge in [0, 0.05) is 30.5 Å². The molecule has 1 aliphatic rings. The van der Waals surface area contributed by atoms with Gasteiger partial charge < -0.3 is 15.4 Å². The largest absolute Gasteiger partial charge is 0.376 e. The van der Waals surface area contributed by atoms with E-state index in [0.717, 1.165) is 30.7 Å². The summed E-state index contributed by atoms with van der Waals surface area (Å²) in [6, 6.07) is 13.3. The molecule has 7 nitrogen and oxygen atoms in total. The molecule has 0 aromatic heterocycles. The van der Waals surface area contributed by atoms with Crippen molar-refractivity contribution in [2.24, 2.45) is 4.99 Å². The van der Waals surface area contributed by atoms with Crippen LogP contribution in [0.3, 0.4) is 0 Å². The van der Waals surface area contributed by atoms with Gasteiger partial charge in [0.15, 0.2) is 0 Å². The standard InChI is InChI=1S/C25H32N4O3/c1-16(2)19-9-11-21(12-10-19)28-25(26-15-22-6-5-13-32-22)29-24(31)20-8-7-17(3)23(14-20)27-18(4)30/h7-12,14,16,22H,5-6,13,15H2,1-4H3,(H,27,30)(H2,26,28,29,31). The minimum Gasteiger partial charge on any atom is -0.376 e. The number of rotatable bonds is 6. The summed E-state index contributed by atoms with van der Waals surface area (Å²) in [6.45, 7) is 8.83. The minimum atomic E-state index is -0.311. The number of ether oxygens (including phenoxy) is 1. The highest BCUT2D eigenvalue weighted by atomic mass is 16.5. The molecule has 2 aromatic carbocycles. The van der Waals surface area contributed by atoms with Crippen LogP contribution < -0.4 is 16.0 Å². The van der Waals surface area contributed by atoms with Crippen molar-refractivity contribution in [1.82, 2.24) is 5.32 Å². The second-order valence-electron chi connectivity index (χ2n) is 8.39. The van der Waals surface area contributed by atoms with Crippen molar-refractivity contribution < 1.29 is 14.3 Å². The number of aryl methyl sites for hydroxylation is 1. The summed E-state index contributed by atoms with van der Waals surface area (Å²) < 4.78 is 5.66. The Bertz CT molecular complexity index is 977. The van der Waals surface area contributed by atoms with Crippen molar-refractivity contribution in [3.05, 3.63) is 59.2 Å². The smallest absolute Gasteiger partial charge is 0.258 e. The Labute approximate surface area is 189 Å². The molecule has 1 unspecified atom stereocenters. The van der Waals surface area contributed by atoms with E-state index in [4.69, 9.17) is 4.74 Å². The normalized spacial score (nSPS) is 16.2. The first kappa shape index (κ1) is 23.5. The lowest BCUT2D eigenvalue weighted by molar-refractivity contribution is -0.114. The van der Waals surface area contributed by atoms with Crippen molar-refractivity contribution in [3.63, 3.8) is 0 Å². The number of hydrogen-bond donors (Lipinski definition) is 3. The van der Waals surface area contributed by atoms with Crippen LogP contribution in [0.5, 0.6) is 0 Å². The van der Waals surface area contributed by atoms with E-state index >= 15 is 0 Å². The molecular formula is C25H32N4O3. The predicted molar refractivity (Wildman–Crippen MR) is 128 cm³/mol. The molecule has 3 N–H and O–H groups in total. The van der Waals surface area contributed by atoms with Gasteiger partial charge in [-0.3, -0.25) is 14.9 Å². The van der Waals surface area contributed by atoms with E-state index in [-0.39, 0.29) is 17.9 Å².